The molecule has 0 saturated carbocycles. The third kappa shape index (κ3) is 2.68. The molecule has 3 rings (SSSR count). The van der Waals surface area contributed by atoms with Crippen molar-refractivity contribution in [1.29, 1.82) is 0 Å². The molecule has 4 heteroatoms. The van der Waals surface area contributed by atoms with Gasteiger partial charge in [-0.15, -0.1) is 0 Å². The molecule has 1 unspecified atom stereocenters. The monoisotopic (exact) mass is 285 g/mol. The average Bonchev–Trinajstić information content (AvgIpc) is 2.48. The first-order chi connectivity index (χ1) is 10.2. The van der Waals surface area contributed by atoms with Crippen molar-refractivity contribution in [3.8, 4) is 0 Å². The van der Waals surface area contributed by atoms with E-state index in [1.807, 2.05) is 18.3 Å². The molecule has 0 amide bonds. The lowest BCUT2D eigenvalue weighted by atomic mass is 9.98. The molecule has 3 N–H and O–H groups in total. The van der Waals surface area contributed by atoms with Crippen molar-refractivity contribution in [2.24, 2.45) is 0 Å². The summed E-state index contributed by atoms with van der Waals surface area (Å²) >= 11 is 0. The van der Waals surface area contributed by atoms with Gasteiger partial charge in [-0.25, -0.2) is 4.98 Å². The van der Waals surface area contributed by atoms with Crippen molar-refractivity contribution < 1.29 is 5.11 Å². The van der Waals surface area contributed by atoms with E-state index < -0.39 is 0 Å². The zero-order valence-electron chi connectivity index (χ0n) is 12.5. The van der Waals surface area contributed by atoms with Crippen molar-refractivity contribution in [3.05, 3.63) is 30.0 Å². The van der Waals surface area contributed by atoms with Crippen LogP contribution in [0.5, 0.6) is 0 Å². The molecule has 1 fully saturated rings. The second kappa shape index (κ2) is 5.90. The predicted octanol–water partition coefficient (Wildman–Crippen LogP) is 2.87. The van der Waals surface area contributed by atoms with Crippen LogP contribution in [0.4, 0.5) is 11.5 Å². The number of fused-ring (bicyclic) bond motifs is 1. The molecule has 1 aromatic heterocycles. The molecule has 2 aromatic rings. The largest absolute Gasteiger partial charge is 0.398 e. The molecule has 2 heterocycles. The number of piperidine rings is 1. The summed E-state index contributed by atoms with van der Waals surface area (Å²) in [5.74, 6) is 1.01. The van der Waals surface area contributed by atoms with E-state index in [9.17, 15) is 5.11 Å². The Morgan fingerprint density at radius 1 is 1.33 bits per heavy atom. The van der Waals surface area contributed by atoms with Gasteiger partial charge >= 0.3 is 0 Å². The Bertz CT molecular complexity index is 639. The zero-order valence-corrected chi connectivity index (χ0v) is 12.5. The molecular formula is C17H23N3O. The number of nitrogens with zero attached hydrogens (tertiary/aromatic N) is 2. The van der Waals surface area contributed by atoms with Crippen LogP contribution in [0.15, 0.2) is 24.4 Å². The lowest BCUT2D eigenvalue weighted by Crippen LogP contribution is -2.40. The third-order valence-electron chi connectivity index (χ3n) is 4.40. The molecule has 1 aliphatic rings. The van der Waals surface area contributed by atoms with Gasteiger partial charge in [0.1, 0.15) is 5.82 Å². The van der Waals surface area contributed by atoms with Gasteiger partial charge in [-0.2, -0.15) is 0 Å². The number of rotatable bonds is 3. The number of aromatic nitrogens is 1. The maximum Gasteiger partial charge on any atom is 0.136 e. The summed E-state index contributed by atoms with van der Waals surface area (Å²) in [5, 5.41) is 11.5. The summed E-state index contributed by atoms with van der Waals surface area (Å²) in [6, 6.07) is 6.54. The van der Waals surface area contributed by atoms with Gasteiger partial charge in [-0.3, -0.25) is 0 Å². The molecule has 0 bridgehead atoms. The molecule has 0 spiro atoms. The highest BCUT2D eigenvalue weighted by atomic mass is 16.3. The fourth-order valence-electron chi connectivity index (χ4n) is 3.41. The lowest BCUT2D eigenvalue weighted by molar-refractivity contribution is 0.262. The number of nitrogen functional groups attached to an aromatic ring is 1. The van der Waals surface area contributed by atoms with Crippen LogP contribution < -0.4 is 10.6 Å². The minimum Gasteiger partial charge on any atom is -0.398 e. The molecule has 1 aromatic carbocycles. The summed E-state index contributed by atoms with van der Waals surface area (Å²) in [6.07, 6.45) is 6.18. The van der Waals surface area contributed by atoms with Crippen LogP contribution >= 0.6 is 0 Å². The maximum absolute atomic E-state index is 9.32. The van der Waals surface area contributed by atoms with Crippen LogP contribution in [0.1, 0.15) is 31.2 Å². The second-order valence-corrected chi connectivity index (χ2v) is 5.94. The molecule has 1 atom stereocenters. The maximum atomic E-state index is 9.32. The SMILES string of the molecule is Cc1cc(N)c2ccnc(N3CCCCC3CCO)c2c1. The molecule has 4 nitrogen and oxygen atoms in total. The van der Waals surface area contributed by atoms with Gasteiger partial charge in [0, 0.05) is 41.9 Å². The van der Waals surface area contributed by atoms with Gasteiger partial charge in [-0.05, 0) is 56.4 Å². The number of anilines is 2. The van der Waals surface area contributed by atoms with Crippen LogP contribution in [0.3, 0.4) is 0 Å². The summed E-state index contributed by atoms with van der Waals surface area (Å²) in [6.45, 7) is 3.30. The van der Waals surface area contributed by atoms with Crippen LogP contribution in [0.25, 0.3) is 10.8 Å². The fourth-order valence-corrected chi connectivity index (χ4v) is 3.41. The van der Waals surface area contributed by atoms with E-state index in [1.54, 1.807) is 0 Å². The predicted molar refractivity (Wildman–Crippen MR) is 87.6 cm³/mol. The topological polar surface area (TPSA) is 62.4 Å². The molecule has 21 heavy (non-hydrogen) atoms. The molecule has 1 saturated heterocycles. The second-order valence-electron chi connectivity index (χ2n) is 5.94. The number of aliphatic hydroxyl groups is 1. The fraction of sp³-hybridized carbons (Fsp3) is 0.471. The van der Waals surface area contributed by atoms with Gasteiger partial charge in [0.2, 0.25) is 0 Å². The average molecular weight is 285 g/mol. The third-order valence-corrected chi connectivity index (χ3v) is 4.40. The van der Waals surface area contributed by atoms with Crippen molar-refractivity contribution in [2.75, 3.05) is 23.8 Å². The Hall–Kier alpha value is -1.81. The molecule has 112 valence electrons. The lowest BCUT2D eigenvalue weighted by Gasteiger charge is -2.37. The number of benzene rings is 1. The summed E-state index contributed by atoms with van der Waals surface area (Å²) in [4.78, 5) is 7.00. The number of hydrogen-bond donors (Lipinski definition) is 2. The van der Waals surface area contributed by atoms with E-state index in [2.05, 4.69) is 22.9 Å². The number of hydrogen-bond acceptors (Lipinski definition) is 4. The van der Waals surface area contributed by atoms with Gasteiger partial charge in [0.15, 0.2) is 0 Å². The van der Waals surface area contributed by atoms with Crippen LogP contribution in [-0.4, -0.2) is 29.3 Å². The summed E-state index contributed by atoms with van der Waals surface area (Å²) in [5.41, 5.74) is 8.13. The Morgan fingerprint density at radius 3 is 3.00 bits per heavy atom. The van der Waals surface area contributed by atoms with E-state index in [0.717, 1.165) is 47.2 Å². The number of aryl methyl sites for hydroxylation is 1. The Kier molecular flexibility index (Phi) is 3.97. The Labute approximate surface area is 125 Å². The van der Waals surface area contributed by atoms with Gasteiger partial charge in [-0.1, -0.05) is 0 Å². The molecule has 0 radical (unpaired) electrons. The van der Waals surface area contributed by atoms with Crippen molar-refractivity contribution in [3.63, 3.8) is 0 Å². The van der Waals surface area contributed by atoms with E-state index in [-0.39, 0.29) is 6.61 Å². The first-order valence-corrected chi connectivity index (χ1v) is 7.73. The molecule has 1 aliphatic heterocycles. The van der Waals surface area contributed by atoms with Crippen LogP contribution in [0, 0.1) is 6.92 Å². The van der Waals surface area contributed by atoms with Crippen LogP contribution in [-0.2, 0) is 0 Å². The summed E-state index contributed by atoms with van der Waals surface area (Å²) in [7, 11) is 0. The van der Waals surface area contributed by atoms with Gasteiger partial charge < -0.3 is 15.7 Å². The van der Waals surface area contributed by atoms with E-state index in [0.29, 0.717) is 6.04 Å². The number of aliphatic hydroxyl groups excluding tert-OH is 1. The van der Waals surface area contributed by atoms with Crippen molar-refractivity contribution in [1.82, 2.24) is 4.98 Å². The standard InChI is InChI=1S/C17H23N3O/c1-12-10-15-14(16(18)11-12)5-7-19-17(15)20-8-3-2-4-13(20)6-9-21/h5,7,10-11,13,21H,2-4,6,8-9,18H2,1H3. The number of nitrogens with two attached hydrogens (primary N) is 1. The van der Waals surface area contributed by atoms with E-state index in [4.69, 9.17) is 5.73 Å². The van der Waals surface area contributed by atoms with Gasteiger partial charge in [0.25, 0.3) is 0 Å². The van der Waals surface area contributed by atoms with E-state index in [1.165, 1.54) is 12.8 Å². The highest BCUT2D eigenvalue weighted by Crippen LogP contribution is 2.33. The molecule has 0 aliphatic carbocycles. The Morgan fingerprint density at radius 2 is 2.19 bits per heavy atom. The smallest absolute Gasteiger partial charge is 0.136 e. The Balaban J connectivity index is 2.10. The van der Waals surface area contributed by atoms with Gasteiger partial charge in [0.05, 0.1) is 0 Å². The zero-order chi connectivity index (χ0) is 14.8. The first kappa shape index (κ1) is 14.1. The number of pyridine rings is 1. The highest BCUT2D eigenvalue weighted by molar-refractivity contribution is 6.00. The molecular weight excluding hydrogens is 262 g/mol. The minimum atomic E-state index is 0.229. The first-order valence-electron chi connectivity index (χ1n) is 7.73. The minimum absolute atomic E-state index is 0.229. The van der Waals surface area contributed by atoms with Crippen LogP contribution in [0.2, 0.25) is 0 Å². The van der Waals surface area contributed by atoms with E-state index >= 15 is 0 Å². The highest BCUT2D eigenvalue weighted by Gasteiger charge is 2.24. The normalized spacial score (nSPS) is 19.1. The van der Waals surface area contributed by atoms with Crippen molar-refractivity contribution >= 4 is 22.3 Å². The van der Waals surface area contributed by atoms with Crippen molar-refractivity contribution in [2.45, 2.75) is 38.6 Å². The summed E-state index contributed by atoms with van der Waals surface area (Å²) < 4.78 is 0. The quantitative estimate of drug-likeness (QED) is 0.851.